The average molecular weight is 320 g/mol. The van der Waals surface area contributed by atoms with Crippen LogP contribution in [0.5, 0.6) is 0 Å². The fourth-order valence-corrected chi connectivity index (χ4v) is 2.41. The van der Waals surface area contributed by atoms with E-state index in [0.717, 1.165) is 11.3 Å². The third-order valence-corrected chi connectivity index (χ3v) is 3.67. The number of amides is 1. The monoisotopic (exact) mass is 319 g/mol. The van der Waals surface area contributed by atoms with E-state index in [-0.39, 0.29) is 15.9 Å². The summed E-state index contributed by atoms with van der Waals surface area (Å²) < 4.78 is 4.58. The van der Waals surface area contributed by atoms with Crippen molar-refractivity contribution in [2.75, 3.05) is 25.5 Å². The zero-order valence-corrected chi connectivity index (χ0v) is 13.2. The molecule has 0 aliphatic heterocycles. The number of thiazole rings is 1. The van der Waals surface area contributed by atoms with E-state index < -0.39 is 5.97 Å². The average Bonchev–Trinajstić information content (AvgIpc) is 2.76. The Labute approximate surface area is 126 Å². The van der Waals surface area contributed by atoms with E-state index >= 15 is 0 Å². The Morgan fingerprint density at radius 1 is 1.45 bits per heavy atom. The highest BCUT2D eigenvalue weighted by Crippen LogP contribution is 2.27. The van der Waals surface area contributed by atoms with Gasteiger partial charge in [-0.3, -0.25) is 4.79 Å². The SMILES string of the molecule is COC(=O)c1sc(NCCC(=O)NCC(C)C)nc1Cl. The van der Waals surface area contributed by atoms with Crippen LogP contribution in [0.4, 0.5) is 5.13 Å². The molecule has 0 aliphatic carbocycles. The number of nitrogens with zero attached hydrogens (tertiary/aromatic N) is 1. The van der Waals surface area contributed by atoms with Crippen LogP contribution >= 0.6 is 22.9 Å². The van der Waals surface area contributed by atoms with Gasteiger partial charge in [-0.15, -0.1) is 0 Å². The molecule has 20 heavy (non-hydrogen) atoms. The molecular weight excluding hydrogens is 302 g/mol. The summed E-state index contributed by atoms with van der Waals surface area (Å²) in [6.07, 6.45) is 0.331. The molecule has 1 aromatic rings. The Hall–Kier alpha value is -1.34. The summed E-state index contributed by atoms with van der Waals surface area (Å²) in [6.45, 7) is 5.15. The topological polar surface area (TPSA) is 80.3 Å². The summed E-state index contributed by atoms with van der Waals surface area (Å²) in [5, 5.41) is 6.37. The van der Waals surface area contributed by atoms with Crippen LogP contribution in [0.25, 0.3) is 0 Å². The van der Waals surface area contributed by atoms with Crippen LogP contribution in [0.15, 0.2) is 0 Å². The van der Waals surface area contributed by atoms with Crippen LogP contribution in [0.2, 0.25) is 5.15 Å². The van der Waals surface area contributed by atoms with Crippen molar-refractivity contribution in [3.63, 3.8) is 0 Å². The second kappa shape index (κ2) is 8.06. The zero-order valence-electron chi connectivity index (χ0n) is 11.7. The van der Waals surface area contributed by atoms with Crippen molar-refractivity contribution in [3.05, 3.63) is 10.0 Å². The molecule has 0 unspecified atom stereocenters. The van der Waals surface area contributed by atoms with E-state index in [2.05, 4.69) is 20.4 Å². The number of methoxy groups -OCH3 is 1. The molecule has 1 rings (SSSR count). The highest BCUT2D eigenvalue weighted by atomic mass is 35.5. The molecule has 0 saturated heterocycles. The number of halogens is 1. The van der Waals surface area contributed by atoms with Crippen LogP contribution in [-0.4, -0.2) is 37.1 Å². The van der Waals surface area contributed by atoms with Crippen LogP contribution in [0.3, 0.4) is 0 Å². The van der Waals surface area contributed by atoms with Gasteiger partial charge in [0.15, 0.2) is 15.2 Å². The fourth-order valence-electron chi connectivity index (χ4n) is 1.29. The Morgan fingerprint density at radius 3 is 2.75 bits per heavy atom. The molecule has 0 saturated carbocycles. The maximum absolute atomic E-state index is 11.5. The molecule has 0 atom stereocenters. The van der Waals surface area contributed by atoms with E-state index in [1.54, 1.807) is 0 Å². The minimum atomic E-state index is -0.518. The van der Waals surface area contributed by atoms with Gasteiger partial charge in [-0.1, -0.05) is 36.8 Å². The minimum absolute atomic E-state index is 0.0259. The standard InChI is InChI=1S/C12H18ClN3O3S/c1-7(2)6-15-8(17)4-5-14-12-16-10(13)9(20-12)11(18)19-3/h7H,4-6H2,1-3H3,(H,14,16)(H,15,17). The number of esters is 1. The molecule has 0 aliphatic rings. The van der Waals surface area contributed by atoms with E-state index in [1.807, 2.05) is 13.8 Å². The first-order chi connectivity index (χ1) is 9.43. The predicted molar refractivity (Wildman–Crippen MR) is 79.4 cm³/mol. The van der Waals surface area contributed by atoms with E-state index in [9.17, 15) is 9.59 Å². The van der Waals surface area contributed by atoms with Gasteiger partial charge in [0.2, 0.25) is 5.91 Å². The Balaban J connectivity index is 2.39. The van der Waals surface area contributed by atoms with Crippen molar-refractivity contribution in [2.24, 2.45) is 5.92 Å². The number of anilines is 1. The van der Waals surface area contributed by atoms with Crippen molar-refractivity contribution in [1.29, 1.82) is 0 Å². The molecule has 6 nitrogen and oxygen atoms in total. The van der Waals surface area contributed by atoms with Gasteiger partial charge in [0.25, 0.3) is 0 Å². The van der Waals surface area contributed by atoms with Crippen LogP contribution in [0.1, 0.15) is 29.9 Å². The summed E-state index contributed by atoms with van der Waals surface area (Å²) >= 11 is 6.93. The summed E-state index contributed by atoms with van der Waals surface area (Å²) in [5.74, 6) is -0.121. The summed E-state index contributed by atoms with van der Waals surface area (Å²) in [6, 6.07) is 0. The zero-order chi connectivity index (χ0) is 15.1. The van der Waals surface area contributed by atoms with Crippen LogP contribution in [0, 0.1) is 5.92 Å². The lowest BCUT2D eigenvalue weighted by Gasteiger charge is -2.07. The molecule has 0 bridgehead atoms. The molecule has 1 amide bonds. The first kappa shape index (κ1) is 16.7. The number of hydrogen-bond acceptors (Lipinski definition) is 6. The molecule has 1 heterocycles. The quantitative estimate of drug-likeness (QED) is 0.753. The molecule has 112 valence electrons. The molecule has 2 N–H and O–H groups in total. The van der Waals surface area contributed by atoms with Crippen molar-refractivity contribution in [1.82, 2.24) is 10.3 Å². The van der Waals surface area contributed by atoms with Gasteiger partial charge in [-0.05, 0) is 5.92 Å². The van der Waals surface area contributed by atoms with Crippen molar-refractivity contribution in [2.45, 2.75) is 20.3 Å². The third-order valence-electron chi connectivity index (χ3n) is 2.29. The van der Waals surface area contributed by atoms with Crippen LogP contribution < -0.4 is 10.6 Å². The highest BCUT2D eigenvalue weighted by Gasteiger charge is 2.17. The Morgan fingerprint density at radius 2 is 2.15 bits per heavy atom. The number of aromatic nitrogens is 1. The summed E-state index contributed by atoms with van der Waals surface area (Å²) in [4.78, 5) is 27.1. The first-order valence-electron chi connectivity index (χ1n) is 6.19. The summed E-state index contributed by atoms with van der Waals surface area (Å²) in [5.41, 5.74) is 0. The molecule has 0 aromatic carbocycles. The Bertz CT molecular complexity index is 477. The molecular formula is C12H18ClN3O3S. The normalized spacial score (nSPS) is 10.4. The van der Waals surface area contributed by atoms with Crippen molar-refractivity contribution in [3.8, 4) is 0 Å². The maximum Gasteiger partial charge on any atom is 0.351 e. The third kappa shape index (κ3) is 5.34. The number of hydrogen-bond donors (Lipinski definition) is 2. The first-order valence-corrected chi connectivity index (χ1v) is 7.38. The number of carbonyl (C=O) groups is 2. The van der Waals surface area contributed by atoms with E-state index in [4.69, 9.17) is 11.6 Å². The van der Waals surface area contributed by atoms with Gasteiger partial charge in [-0.2, -0.15) is 0 Å². The maximum atomic E-state index is 11.5. The second-order valence-electron chi connectivity index (χ2n) is 4.51. The minimum Gasteiger partial charge on any atom is -0.465 e. The number of ether oxygens (including phenoxy) is 1. The van der Waals surface area contributed by atoms with Gasteiger partial charge in [0.1, 0.15) is 0 Å². The molecule has 0 radical (unpaired) electrons. The van der Waals surface area contributed by atoms with Crippen molar-refractivity contribution < 1.29 is 14.3 Å². The largest absolute Gasteiger partial charge is 0.465 e. The lowest BCUT2D eigenvalue weighted by Crippen LogP contribution is -2.28. The molecule has 1 aromatic heterocycles. The van der Waals surface area contributed by atoms with Gasteiger partial charge >= 0.3 is 5.97 Å². The lowest BCUT2D eigenvalue weighted by molar-refractivity contribution is -0.120. The van der Waals surface area contributed by atoms with Gasteiger partial charge in [-0.25, -0.2) is 9.78 Å². The lowest BCUT2D eigenvalue weighted by atomic mass is 10.2. The van der Waals surface area contributed by atoms with Gasteiger partial charge in [0.05, 0.1) is 7.11 Å². The Kier molecular flexibility index (Phi) is 6.74. The number of nitrogens with one attached hydrogen (secondary N) is 2. The van der Waals surface area contributed by atoms with Crippen molar-refractivity contribution >= 4 is 39.9 Å². The molecule has 0 spiro atoms. The fraction of sp³-hybridized carbons (Fsp3) is 0.583. The smallest absolute Gasteiger partial charge is 0.351 e. The van der Waals surface area contributed by atoms with Gasteiger partial charge < -0.3 is 15.4 Å². The number of carbonyl (C=O) groups excluding carboxylic acids is 2. The van der Waals surface area contributed by atoms with Crippen LogP contribution in [-0.2, 0) is 9.53 Å². The number of rotatable bonds is 7. The predicted octanol–water partition coefficient (Wildman–Crippen LogP) is 2.16. The molecule has 8 heteroatoms. The molecule has 0 fully saturated rings. The summed E-state index contributed by atoms with van der Waals surface area (Å²) in [7, 11) is 1.28. The highest BCUT2D eigenvalue weighted by molar-refractivity contribution is 7.18. The van der Waals surface area contributed by atoms with E-state index in [1.165, 1.54) is 7.11 Å². The second-order valence-corrected chi connectivity index (χ2v) is 5.86. The van der Waals surface area contributed by atoms with Gasteiger partial charge in [0, 0.05) is 19.5 Å². The van der Waals surface area contributed by atoms with E-state index in [0.29, 0.717) is 30.6 Å².